The van der Waals surface area contributed by atoms with Gasteiger partial charge in [-0.1, -0.05) is 24.3 Å². The molecule has 0 bridgehead atoms. The van der Waals surface area contributed by atoms with Crippen LogP contribution in [0.1, 0.15) is 0 Å². The molecule has 1 aliphatic carbocycles. The van der Waals surface area contributed by atoms with Crippen molar-refractivity contribution >= 4 is 28.0 Å². The van der Waals surface area contributed by atoms with Crippen molar-refractivity contribution in [1.82, 2.24) is 4.98 Å². The standard InChI is InChI=1S/C19H13N5O4/c25-23(26)13-8-9-18(19(11-13)24(27)28)22-21-17-7-3-6-16-14(17)10-12-4-1-2-5-15(12)20-16/h1-11,20,22H. The summed E-state index contributed by atoms with van der Waals surface area (Å²) in [7, 11) is 0. The molecule has 0 saturated heterocycles. The monoisotopic (exact) mass is 375 g/mol. The molecule has 1 heterocycles. The highest BCUT2D eigenvalue weighted by Crippen LogP contribution is 2.29. The van der Waals surface area contributed by atoms with Crippen LogP contribution in [0.25, 0.3) is 22.2 Å². The minimum absolute atomic E-state index is 0.0670. The maximum Gasteiger partial charge on any atom is 0.301 e. The Morgan fingerprint density at radius 2 is 1.71 bits per heavy atom. The third-order valence-electron chi connectivity index (χ3n) is 4.30. The van der Waals surface area contributed by atoms with E-state index in [9.17, 15) is 20.2 Å². The zero-order chi connectivity index (χ0) is 19.7. The van der Waals surface area contributed by atoms with E-state index in [4.69, 9.17) is 0 Å². The number of para-hydroxylation sites is 1. The highest BCUT2D eigenvalue weighted by molar-refractivity contribution is 5.85. The van der Waals surface area contributed by atoms with E-state index < -0.39 is 15.5 Å². The Labute approximate surface area is 157 Å². The van der Waals surface area contributed by atoms with Gasteiger partial charge in [0, 0.05) is 22.8 Å². The highest BCUT2D eigenvalue weighted by atomic mass is 16.6. The van der Waals surface area contributed by atoms with E-state index in [0.717, 1.165) is 28.2 Å². The molecule has 9 heteroatoms. The van der Waals surface area contributed by atoms with E-state index in [1.807, 2.05) is 42.5 Å². The Morgan fingerprint density at radius 1 is 0.893 bits per heavy atom. The number of hydrogen-bond acceptors (Lipinski definition) is 6. The summed E-state index contributed by atoms with van der Waals surface area (Å²) in [5, 5.41) is 28.0. The average molecular weight is 375 g/mol. The Balaban J connectivity index is 1.80. The van der Waals surface area contributed by atoms with E-state index in [1.165, 1.54) is 12.1 Å². The molecular weight excluding hydrogens is 362 g/mol. The zero-order valence-electron chi connectivity index (χ0n) is 14.3. The third kappa shape index (κ3) is 3.12. The van der Waals surface area contributed by atoms with Crippen LogP contribution >= 0.6 is 0 Å². The van der Waals surface area contributed by atoms with Crippen molar-refractivity contribution in [2.24, 2.45) is 5.10 Å². The molecule has 4 rings (SSSR count). The Kier molecular flexibility index (Phi) is 4.17. The van der Waals surface area contributed by atoms with Gasteiger partial charge in [-0.2, -0.15) is 5.10 Å². The Hall–Kier alpha value is -4.27. The summed E-state index contributed by atoms with van der Waals surface area (Å²) in [6, 6.07) is 18.7. The molecule has 0 radical (unpaired) electrons. The number of aromatic amines is 1. The molecule has 2 aliphatic rings. The first-order chi connectivity index (χ1) is 13.5. The van der Waals surface area contributed by atoms with E-state index in [1.54, 1.807) is 6.07 Å². The van der Waals surface area contributed by atoms with E-state index >= 15 is 0 Å². The number of nitro groups is 2. The maximum absolute atomic E-state index is 11.3. The molecule has 28 heavy (non-hydrogen) atoms. The van der Waals surface area contributed by atoms with Gasteiger partial charge in [-0.25, -0.2) is 0 Å². The van der Waals surface area contributed by atoms with Gasteiger partial charge in [-0.05, 0) is 35.7 Å². The summed E-state index contributed by atoms with van der Waals surface area (Å²) in [5.41, 5.74) is 4.62. The van der Waals surface area contributed by atoms with Gasteiger partial charge in [0.1, 0.15) is 5.69 Å². The fraction of sp³-hybridized carbons (Fsp3) is 0. The van der Waals surface area contributed by atoms with Gasteiger partial charge in [-0.15, -0.1) is 0 Å². The maximum atomic E-state index is 11.3. The molecule has 0 spiro atoms. The number of non-ortho nitro benzene ring substituents is 1. The zero-order valence-corrected chi connectivity index (χ0v) is 14.3. The minimum atomic E-state index is -0.685. The van der Waals surface area contributed by atoms with Gasteiger partial charge >= 0.3 is 5.69 Å². The van der Waals surface area contributed by atoms with E-state index in [0.29, 0.717) is 5.36 Å². The van der Waals surface area contributed by atoms with Crippen molar-refractivity contribution < 1.29 is 9.85 Å². The normalized spacial score (nSPS) is 11.6. The highest BCUT2D eigenvalue weighted by Gasteiger charge is 2.19. The average Bonchev–Trinajstić information content (AvgIpc) is 2.70. The molecule has 1 aliphatic heterocycles. The smallest absolute Gasteiger partial charge is 0.301 e. The van der Waals surface area contributed by atoms with Gasteiger partial charge < -0.3 is 4.98 Å². The lowest BCUT2D eigenvalue weighted by molar-refractivity contribution is -0.393. The fourth-order valence-corrected chi connectivity index (χ4v) is 2.95. The van der Waals surface area contributed by atoms with E-state index in [-0.39, 0.29) is 11.4 Å². The lowest BCUT2D eigenvalue weighted by atomic mass is 10.1. The molecule has 0 saturated carbocycles. The van der Waals surface area contributed by atoms with Crippen LogP contribution in [0.2, 0.25) is 0 Å². The largest absolute Gasteiger partial charge is 0.354 e. The molecule has 0 fully saturated rings. The van der Waals surface area contributed by atoms with Crippen molar-refractivity contribution in [3.8, 4) is 11.3 Å². The van der Waals surface area contributed by atoms with Crippen molar-refractivity contribution in [3.63, 3.8) is 0 Å². The van der Waals surface area contributed by atoms with Crippen LogP contribution in [-0.2, 0) is 0 Å². The topological polar surface area (TPSA) is 126 Å². The van der Waals surface area contributed by atoms with Crippen molar-refractivity contribution in [1.29, 1.82) is 0 Å². The molecular formula is C19H13N5O4. The molecule has 0 atom stereocenters. The van der Waals surface area contributed by atoms with Gasteiger partial charge in [0.15, 0.2) is 0 Å². The fourth-order valence-electron chi connectivity index (χ4n) is 2.95. The number of nitrogens with zero attached hydrogens (tertiary/aromatic N) is 3. The summed E-state index contributed by atoms with van der Waals surface area (Å²) in [6.07, 6.45) is 0. The van der Waals surface area contributed by atoms with Crippen LogP contribution in [0.5, 0.6) is 0 Å². The second-order valence-electron chi connectivity index (χ2n) is 6.03. The first-order valence-corrected chi connectivity index (χ1v) is 8.26. The van der Waals surface area contributed by atoms with Gasteiger partial charge in [0.2, 0.25) is 0 Å². The number of nitro benzene ring substituents is 2. The molecule has 138 valence electrons. The number of anilines is 1. The van der Waals surface area contributed by atoms with Crippen LogP contribution in [0, 0.1) is 20.2 Å². The van der Waals surface area contributed by atoms with Crippen molar-refractivity contribution in [2.45, 2.75) is 0 Å². The second kappa shape index (κ2) is 6.80. The third-order valence-corrected chi connectivity index (χ3v) is 4.30. The molecule has 2 aromatic rings. The van der Waals surface area contributed by atoms with Crippen LogP contribution in [0.15, 0.2) is 71.8 Å². The van der Waals surface area contributed by atoms with Crippen LogP contribution in [0.4, 0.5) is 17.1 Å². The predicted octanol–water partition coefficient (Wildman–Crippen LogP) is 4.02. The van der Waals surface area contributed by atoms with Gasteiger partial charge in [0.05, 0.1) is 21.3 Å². The van der Waals surface area contributed by atoms with Gasteiger partial charge in [0.25, 0.3) is 5.69 Å². The predicted molar refractivity (Wildman–Crippen MR) is 104 cm³/mol. The molecule has 9 nitrogen and oxygen atoms in total. The molecule has 0 amide bonds. The van der Waals surface area contributed by atoms with Crippen molar-refractivity contribution in [3.05, 3.63) is 92.3 Å². The van der Waals surface area contributed by atoms with Crippen LogP contribution < -0.4 is 10.8 Å². The second-order valence-corrected chi connectivity index (χ2v) is 6.03. The summed E-state index contributed by atoms with van der Waals surface area (Å²) in [4.78, 5) is 24.1. The summed E-state index contributed by atoms with van der Waals surface area (Å²) < 4.78 is 0. The molecule has 2 aromatic carbocycles. The SMILES string of the molecule is O=[N+]([O-])c1ccc(NN=c2cccc3[nH]c4ccccc4cc2-3)c([N+](=O)[O-])c1. The summed E-state index contributed by atoms with van der Waals surface area (Å²) in [5.74, 6) is 0. The number of rotatable bonds is 4. The lowest BCUT2D eigenvalue weighted by Gasteiger charge is -2.09. The number of H-pyrrole nitrogens is 1. The first-order valence-electron chi connectivity index (χ1n) is 8.26. The van der Waals surface area contributed by atoms with Crippen LogP contribution in [0.3, 0.4) is 0 Å². The number of aromatic nitrogens is 1. The Morgan fingerprint density at radius 3 is 2.50 bits per heavy atom. The number of pyridine rings is 1. The minimum Gasteiger partial charge on any atom is -0.354 e. The number of fused-ring (bicyclic) bond motifs is 2. The number of benzene rings is 3. The van der Waals surface area contributed by atoms with Crippen LogP contribution in [-0.4, -0.2) is 14.8 Å². The van der Waals surface area contributed by atoms with Crippen molar-refractivity contribution in [2.75, 3.05) is 5.43 Å². The molecule has 0 aromatic heterocycles. The summed E-state index contributed by atoms with van der Waals surface area (Å²) >= 11 is 0. The van der Waals surface area contributed by atoms with Gasteiger partial charge in [-0.3, -0.25) is 25.7 Å². The lowest BCUT2D eigenvalue weighted by Crippen LogP contribution is -2.11. The molecule has 2 N–H and O–H groups in total. The number of nitrogens with one attached hydrogen (secondary N) is 2. The Bertz CT molecular complexity index is 1260. The van der Waals surface area contributed by atoms with E-state index in [2.05, 4.69) is 15.5 Å². The first kappa shape index (κ1) is 17.2. The summed E-state index contributed by atoms with van der Waals surface area (Å²) in [6.45, 7) is 0. The number of hydrogen-bond donors (Lipinski definition) is 2. The molecule has 0 unspecified atom stereocenters. The quantitative estimate of drug-likeness (QED) is 0.316.